The molecular weight excluding hydrogens is 380 g/mol. The second kappa shape index (κ2) is 7.92. The summed E-state index contributed by atoms with van der Waals surface area (Å²) in [5, 5.41) is 13.2. The topological polar surface area (TPSA) is 121 Å². The molecule has 0 fully saturated rings. The molecular formula is C23H18N4O3. The van der Waals surface area contributed by atoms with E-state index in [1.54, 1.807) is 73.1 Å². The second-order valence-electron chi connectivity index (χ2n) is 6.63. The van der Waals surface area contributed by atoms with E-state index >= 15 is 0 Å². The zero-order chi connectivity index (χ0) is 21.1. The van der Waals surface area contributed by atoms with Crippen molar-refractivity contribution in [3.05, 3.63) is 89.7 Å². The van der Waals surface area contributed by atoms with Gasteiger partial charge in [-0.05, 0) is 35.9 Å². The van der Waals surface area contributed by atoms with Crippen LogP contribution in [0.25, 0.3) is 22.7 Å². The van der Waals surface area contributed by atoms with E-state index in [4.69, 9.17) is 5.73 Å². The highest BCUT2D eigenvalue weighted by Gasteiger charge is 2.15. The Hall–Kier alpha value is -4.39. The van der Waals surface area contributed by atoms with Gasteiger partial charge in [0.2, 0.25) is 0 Å². The number of H-pyrrole nitrogens is 1. The quantitative estimate of drug-likeness (QED) is 0.299. The van der Waals surface area contributed by atoms with E-state index < -0.39 is 5.97 Å². The Morgan fingerprint density at radius 1 is 1.03 bits per heavy atom. The van der Waals surface area contributed by atoms with Crippen LogP contribution in [0.3, 0.4) is 0 Å². The maximum Gasteiger partial charge on any atom is 0.336 e. The van der Waals surface area contributed by atoms with Gasteiger partial charge in [-0.25, -0.2) is 9.78 Å². The molecule has 0 bridgehead atoms. The van der Waals surface area contributed by atoms with Gasteiger partial charge >= 0.3 is 5.97 Å². The summed E-state index contributed by atoms with van der Waals surface area (Å²) in [6.45, 7) is 0. The van der Waals surface area contributed by atoms with Crippen molar-refractivity contribution >= 4 is 45.9 Å². The highest BCUT2D eigenvalue weighted by Crippen LogP contribution is 2.29. The third-order valence-corrected chi connectivity index (χ3v) is 4.62. The van der Waals surface area contributed by atoms with Gasteiger partial charge in [0, 0.05) is 34.6 Å². The van der Waals surface area contributed by atoms with Crippen molar-refractivity contribution in [3.63, 3.8) is 0 Å². The molecule has 0 saturated heterocycles. The molecule has 30 heavy (non-hydrogen) atoms. The molecule has 2 heterocycles. The number of fused-ring (bicyclic) bond motifs is 1. The van der Waals surface area contributed by atoms with Crippen molar-refractivity contribution in [3.8, 4) is 0 Å². The molecule has 0 saturated carbocycles. The average molecular weight is 398 g/mol. The van der Waals surface area contributed by atoms with Gasteiger partial charge in [0.15, 0.2) is 0 Å². The van der Waals surface area contributed by atoms with Crippen LogP contribution >= 0.6 is 0 Å². The third kappa shape index (κ3) is 3.77. The minimum Gasteiger partial charge on any atom is -0.478 e. The fraction of sp³-hybridized carbons (Fsp3) is 0. The van der Waals surface area contributed by atoms with Crippen LogP contribution in [-0.2, 0) is 4.79 Å². The number of aromatic nitrogens is 2. The molecule has 148 valence electrons. The van der Waals surface area contributed by atoms with Gasteiger partial charge in [-0.3, -0.25) is 4.79 Å². The molecule has 1 amide bonds. The van der Waals surface area contributed by atoms with Crippen LogP contribution in [-0.4, -0.2) is 27.0 Å². The van der Waals surface area contributed by atoms with E-state index in [-0.39, 0.29) is 11.5 Å². The number of carbonyl (C=O) groups is 2. The molecule has 0 aliphatic carbocycles. The molecule has 0 aliphatic heterocycles. The molecule has 0 aliphatic rings. The van der Waals surface area contributed by atoms with Crippen LogP contribution < -0.4 is 11.1 Å². The maximum absolute atomic E-state index is 12.7. The number of hydrogen-bond acceptors (Lipinski definition) is 4. The molecule has 7 nitrogen and oxygen atoms in total. The Balaban J connectivity index is 1.78. The molecule has 2 aromatic carbocycles. The van der Waals surface area contributed by atoms with Crippen molar-refractivity contribution in [2.24, 2.45) is 0 Å². The summed E-state index contributed by atoms with van der Waals surface area (Å²) in [6.07, 6.45) is 4.80. The normalized spacial score (nSPS) is 11.4. The lowest BCUT2D eigenvalue weighted by Crippen LogP contribution is -2.12. The first-order valence-corrected chi connectivity index (χ1v) is 9.16. The van der Waals surface area contributed by atoms with Gasteiger partial charge in [0.25, 0.3) is 5.91 Å². The summed E-state index contributed by atoms with van der Waals surface area (Å²) in [6, 6.07) is 17.2. The lowest BCUT2D eigenvalue weighted by molar-refractivity contribution is -0.130. The predicted octanol–water partition coefficient (Wildman–Crippen LogP) is 4.02. The third-order valence-electron chi connectivity index (χ3n) is 4.62. The van der Waals surface area contributed by atoms with Crippen molar-refractivity contribution in [1.29, 1.82) is 0 Å². The molecule has 0 spiro atoms. The summed E-state index contributed by atoms with van der Waals surface area (Å²) >= 11 is 0. The Kier molecular flexibility index (Phi) is 5.00. The smallest absolute Gasteiger partial charge is 0.336 e. The van der Waals surface area contributed by atoms with Crippen LogP contribution in [0.15, 0.2) is 73.1 Å². The minimum absolute atomic E-state index is 0.133. The molecule has 4 aromatic rings. The molecule has 0 atom stereocenters. The Morgan fingerprint density at radius 2 is 1.80 bits per heavy atom. The van der Waals surface area contributed by atoms with Crippen molar-refractivity contribution in [2.45, 2.75) is 0 Å². The standard InChI is InChI=1S/C23H18N4O3/c24-17-8-4-7-15(11-17)22(28)27-19-9-10-25-21-20(19)16(13-26-21)12-18(23(29)30)14-5-2-1-3-6-14/h1-13H,24H2,(H,29,30)(H2,25,26,27,28). The Morgan fingerprint density at radius 3 is 2.53 bits per heavy atom. The number of nitrogen functional groups attached to an aromatic ring is 1. The number of nitrogens with zero attached hydrogens (tertiary/aromatic N) is 1. The predicted molar refractivity (Wildman–Crippen MR) is 117 cm³/mol. The minimum atomic E-state index is -1.05. The average Bonchev–Trinajstić information content (AvgIpc) is 3.16. The van der Waals surface area contributed by atoms with Gasteiger partial charge in [-0.15, -0.1) is 0 Å². The first kappa shape index (κ1) is 18.9. The molecule has 4 rings (SSSR count). The van der Waals surface area contributed by atoms with Gasteiger partial charge in [0.05, 0.1) is 11.3 Å². The van der Waals surface area contributed by atoms with Crippen molar-refractivity contribution in [1.82, 2.24) is 9.97 Å². The Labute approximate surface area is 171 Å². The zero-order valence-corrected chi connectivity index (χ0v) is 15.8. The summed E-state index contributed by atoms with van der Waals surface area (Å²) in [4.78, 5) is 31.9. The van der Waals surface area contributed by atoms with Crippen LogP contribution in [0.5, 0.6) is 0 Å². The Bertz CT molecular complexity index is 1280. The van der Waals surface area contributed by atoms with Crippen molar-refractivity contribution in [2.75, 3.05) is 11.1 Å². The first-order chi connectivity index (χ1) is 14.5. The molecule has 0 unspecified atom stereocenters. The zero-order valence-electron chi connectivity index (χ0n) is 15.8. The van der Waals surface area contributed by atoms with E-state index in [2.05, 4.69) is 15.3 Å². The number of carboxylic acids is 1. The SMILES string of the molecule is Nc1cccc(C(=O)Nc2ccnc3[nH]cc(C=C(C(=O)O)c4ccccc4)c23)c1. The van der Waals surface area contributed by atoms with Gasteiger partial charge < -0.3 is 21.1 Å². The lowest BCUT2D eigenvalue weighted by atomic mass is 10.0. The number of aromatic amines is 1. The fourth-order valence-corrected chi connectivity index (χ4v) is 3.22. The van der Waals surface area contributed by atoms with Gasteiger partial charge in [0.1, 0.15) is 5.65 Å². The highest BCUT2D eigenvalue weighted by atomic mass is 16.4. The fourth-order valence-electron chi connectivity index (χ4n) is 3.22. The number of hydrogen-bond donors (Lipinski definition) is 4. The number of anilines is 2. The number of benzene rings is 2. The number of rotatable bonds is 5. The van der Waals surface area contributed by atoms with E-state index in [9.17, 15) is 14.7 Å². The second-order valence-corrected chi connectivity index (χ2v) is 6.63. The summed E-state index contributed by atoms with van der Waals surface area (Å²) < 4.78 is 0. The number of carboxylic acid groups (broad SMARTS) is 1. The molecule has 0 radical (unpaired) electrons. The van der Waals surface area contributed by atoms with Gasteiger partial charge in [-0.1, -0.05) is 36.4 Å². The maximum atomic E-state index is 12.7. The highest BCUT2D eigenvalue weighted by molar-refractivity contribution is 6.22. The number of aliphatic carboxylic acids is 1. The number of nitrogens with two attached hydrogens (primary N) is 1. The van der Waals surface area contributed by atoms with Crippen LogP contribution in [0.2, 0.25) is 0 Å². The lowest BCUT2D eigenvalue weighted by Gasteiger charge is -2.08. The van der Waals surface area contributed by atoms with E-state index in [0.717, 1.165) is 0 Å². The number of amides is 1. The molecule has 7 heteroatoms. The number of pyridine rings is 1. The van der Waals surface area contributed by atoms with Gasteiger partial charge in [-0.2, -0.15) is 0 Å². The van der Waals surface area contributed by atoms with E-state index in [1.165, 1.54) is 0 Å². The van der Waals surface area contributed by atoms with Crippen LogP contribution in [0.4, 0.5) is 11.4 Å². The first-order valence-electron chi connectivity index (χ1n) is 9.16. The molecule has 2 aromatic heterocycles. The summed E-state index contributed by atoms with van der Waals surface area (Å²) in [5.41, 5.74) is 9.03. The van der Waals surface area contributed by atoms with Crippen LogP contribution in [0.1, 0.15) is 21.5 Å². The largest absolute Gasteiger partial charge is 0.478 e. The van der Waals surface area contributed by atoms with Crippen LogP contribution in [0, 0.1) is 0 Å². The summed E-state index contributed by atoms with van der Waals surface area (Å²) in [7, 11) is 0. The molecule has 5 N–H and O–H groups in total. The summed E-state index contributed by atoms with van der Waals surface area (Å²) in [5.74, 6) is -1.38. The van der Waals surface area contributed by atoms with Crippen molar-refractivity contribution < 1.29 is 14.7 Å². The monoisotopic (exact) mass is 398 g/mol. The number of nitrogens with one attached hydrogen (secondary N) is 2. The number of carbonyl (C=O) groups excluding carboxylic acids is 1. The van der Waals surface area contributed by atoms with E-state index in [1.807, 2.05) is 6.07 Å². The van der Waals surface area contributed by atoms with E-state index in [0.29, 0.717) is 39.1 Å².